The number of hydrogen-bond acceptors (Lipinski definition) is 4. The highest BCUT2D eigenvalue weighted by Gasteiger charge is 2.25. The number of rotatable bonds is 4. The maximum Gasteiger partial charge on any atom is 0.315 e. The second kappa shape index (κ2) is 6.69. The Kier molecular flexibility index (Phi) is 5.07. The van der Waals surface area contributed by atoms with E-state index in [0.717, 1.165) is 10.9 Å². The van der Waals surface area contributed by atoms with Crippen LogP contribution in [0, 0.1) is 5.41 Å². The van der Waals surface area contributed by atoms with Crippen LogP contribution in [0.25, 0.3) is 17.0 Å². The second-order valence-electron chi connectivity index (χ2n) is 6.03. The third-order valence-corrected chi connectivity index (χ3v) is 3.95. The Labute approximate surface area is 140 Å². The van der Waals surface area contributed by atoms with Crippen LogP contribution in [-0.2, 0) is 9.53 Å². The topological polar surface area (TPSA) is 59.4 Å². The molecular weight excluding hydrogens is 314 g/mol. The van der Waals surface area contributed by atoms with Gasteiger partial charge in [-0.3, -0.25) is 4.79 Å². The summed E-state index contributed by atoms with van der Waals surface area (Å²) >= 11 is 6.24. The van der Waals surface area contributed by atoms with Crippen LogP contribution in [0.2, 0.25) is 5.02 Å². The Morgan fingerprint density at radius 1 is 1.39 bits per heavy atom. The molecule has 0 fully saturated rings. The number of methoxy groups -OCH3 is 1. The Bertz CT molecular complexity index is 766. The van der Waals surface area contributed by atoms with Crippen molar-refractivity contribution in [1.29, 1.82) is 0 Å². The normalized spacial score (nSPS) is 13.5. The second-order valence-corrected chi connectivity index (χ2v) is 6.44. The molecule has 0 bridgehead atoms. The predicted octanol–water partition coefficient (Wildman–Crippen LogP) is 4.15. The van der Waals surface area contributed by atoms with Gasteiger partial charge in [0.05, 0.1) is 34.9 Å². The van der Waals surface area contributed by atoms with Crippen molar-refractivity contribution in [2.24, 2.45) is 5.41 Å². The molecule has 1 unspecified atom stereocenters. The molecule has 0 amide bonds. The first-order valence-corrected chi connectivity index (χ1v) is 7.68. The molecule has 1 heterocycles. The van der Waals surface area contributed by atoms with Gasteiger partial charge in [0.15, 0.2) is 0 Å². The lowest BCUT2D eigenvalue weighted by atomic mass is 9.92. The molecule has 23 heavy (non-hydrogen) atoms. The zero-order valence-electron chi connectivity index (χ0n) is 13.6. The number of aliphatic hydroxyl groups is 1. The Morgan fingerprint density at radius 2 is 2.09 bits per heavy atom. The summed E-state index contributed by atoms with van der Waals surface area (Å²) in [6.45, 7) is 5.22. The van der Waals surface area contributed by atoms with Gasteiger partial charge in [-0.25, -0.2) is 4.98 Å². The summed E-state index contributed by atoms with van der Waals surface area (Å²) in [7, 11) is 1.37. The van der Waals surface area contributed by atoms with E-state index in [1.165, 1.54) is 7.11 Å². The van der Waals surface area contributed by atoms with Gasteiger partial charge in [0.2, 0.25) is 0 Å². The minimum atomic E-state index is -0.712. The van der Waals surface area contributed by atoms with Crippen molar-refractivity contribution in [3.05, 3.63) is 46.6 Å². The predicted molar refractivity (Wildman–Crippen MR) is 92.2 cm³/mol. The molecule has 0 saturated carbocycles. The average molecular weight is 334 g/mol. The van der Waals surface area contributed by atoms with Gasteiger partial charge in [0.1, 0.15) is 0 Å². The van der Waals surface area contributed by atoms with Crippen molar-refractivity contribution < 1.29 is 14.6 Å². The number of pyridine rings is 1. The van der Waals surface area contributed by atoms with E-state index >= 15 is 0 Å². The highest BCUT2D eigenvalue weighted by Crippen LogP contribution is 2.27. The molecule has 1 aromatic carbocycles. The summed E-state index contributed by atoms with van der Waals surface area (Å²) < 4.78 is 4.78. The number of esters is 1. The van der Waals surface area contributed by atoms with Crippen molar-refractivity contribution in [3.63, 3.8) is 0 Å². The van der Waals surface area contributed by atoms with E-state index in [1.807, 2.05) is 24.3 Å². The number of aromatic nitrogens is 1. The maximum atomic E-state index is 11.7. The lowest BCUT2D eigenvalue weighted by molar-refractivity contribution is -0.148. The molecule has 0 spiro atoms. The molecule has 0 aliphatic rings. The van der Waals surface area contributed by atoms with Crippen LogP contribution >= 0.6 is 11.6 Å². The molecule has 0 aliphatic heterocycles. The number of nitrogens with zero attached hydrogens (tertiary/aromatic N) is 1. The van der Waals surface area contributed by atoms with Crippen molar-refractivity contribution in [2.45, 2.75) is 26.9 Å². The molecule has 2 rings (SSSR count). The quantitative estimate of drug-likeness (QED) is 0.854. The van der Waals surface area contributed by atoms with E-state index in [9.17, 15) is 9.90 Å². The first-order chi connectivity index (χ1) is 10.7. The van der Waals surface area contributed by atoms with E-state index in [-0.39, 0.29) is 5.97 Å². The lowest BCUT2D eigenvalue weighted by Crippen LogP contribution is -2.22. The number of carbonyl (C=O) groups is 1. The van der Waals surface area contributed by atoms with E-state index in [2.05, 4.69) is 4.98 Å². The van der Waals surface area contributed by atoms with Gasteiger partial charge >= 0.3 is 5.97 Å². The number of hydrogen-bond donors (Lipinski definition) is 1. The summed E-state index contributed by atoms with van der Waals surface area (Å²) in [6.07, 6.45) is 2.95. The fourth-order valence-corrected chi connectivity index (χ4v) is 2.45. The van der Waals surface area contributed by atoms with Crippen LogP contribution in [0.4, 0.5) is 0 Å². The molecular formula is C18H20ClNO3. The van der Waals surface area contributed by atoms with Gasteiger partial charge in [0.25, 0.3) is 0 Å². The van der Waals surface area contributed by atoms with Crippen LogP contribution < -0.4 is 0 Å². The molecule has 1 atom stereocenters. The fraction of sp³-hybridized carbons (Fsp3) is 0.333. The summed E-state index contributed by atoms with van der Waals surface area (Å²) in [4.78, 5) is 16.1. The van der Waals surface area contributed by atoms with Gasteiger partial charge < -0.3 is 9.84 Å². The summed E-state index contributed by atoms with van der Waals surface area (Å²) in [5.74, 6) is -0.299. The van der Waals surface area contributed by atoms with Crippen LogP contribution in [0.5, 0.6) is 0 Å². The van der Waals surface area contributed by atoms with E-state index in [1.54, 1.807) is 32.9 Å². The number of ether oxygens (including phenoxy) is 1. The molecule has 0 aliphatic carbocycles. The molecule has 1 N–H and O–H groups in total. The molecule has 1 aromatic heterocycles. The number of aliphatic hydroxyl groups excluding tert-OH is 1. The number of halogens is 1. The van der Waals surface area contributed by atoms with Crippen LogP contribution in [0.1, 0.15) is 38.1 Å². The molecule has 4 nitrogen and oxygen atoms in total. The summed E-state index contributed by atoms with van der Waals surface area (Å²) in [6, 6.07) is 7.32. The molecule has 2 aromatic rings. The third-order valence-electron chi connectivity index (χ3n) is 3.64. The smallest absolute Gasteiger partial charge is 0.315 e. The molecule has 122 valence electrons. The highest BCUT2D eigenvalue weighted by molar-refractivity contribution is 6.35. The first-order valence-electron chi connectivity index (χ1n) is 7.30. The van der Waals surface area contributed by atoms with E-state index < -0.39 is 11.5 Å². The minimum absolute atomic E-state index is 0.299. The highest BCUT2D eigenvalue weighted by atomic mass is 35.5. The fourth-order valence-electron chi connectivity index (χ4n) is 2.18. The van der Waals surface area contributed by atoms with E-state index in [0.29, 0.717) is 16.2 Å². The minimum Gasteiger partial charge on any atom is -0.468 e. The van der Waals surface area contributed by atoms with Gasteiger partial charge in [0, 0.05) is 5.39 Å². The Balaban J connectivity index is 2.42. The molecule has 5 heteroatoms. The van der Waals surface area contributed by atoms with Gasteiger partial charge in [-0.15, -0.1) is 0 Å². The average Bonchev–Trinajstić information content (AvgIpc) is 2.51. The van der Waals surface area contributed by atoms with Crippen LogP contribution in [0.3, 0.4) is 0 Å². The van der Waals surface area contributed by atoms with Crippen molar-refractivity contribution in [3.8, 4) is 0 Å². The van der Waals surface area contributed by atoms with Gasteiger partial charge in [-0.05, 0) is 38.5 Å². The Morgan fingerprint density at radius 3 is 2.70 bits per heavy atom. The molecule has 0 radical (unpaired) electrons. The lowest BCUT2D eigenvalue weighted by Gasteiger charge is -2.16. The standard InChI is InChI=1S/C18H20ClNO3/c1-11(21)15-10-14(19)13-6-5-12(9-16(13)20-15)7-8-18(2,3)17(22)23-4/h5-11,21H,1-4H3. The molecule has 0 saturated heterocycles. The van der Waals surface area contributed by atoms with Gasteiger partial charge in [-0.1, -0.05) is 35.9 Å². The van der Waals surface area contributed by atoms with Crippen molar-refractivity contribution in [2.75, 3.05) is 7.11 Å². The SMILES string of the molecule is COC(=O)C(C)(C)C=Cc1ccc2c(Cl)cc(C(C)O)nc2c1. The van der Waals surface area contributed by atoms with Crippen LogP contribution in [0.15, 0.2) is 30.3 Å². The van der Waals surface area contributed by atoms with Crippen LogP contribution in [-0.4, -0.2) is 23.2 Å². The van der Waals surface area contributed by atoms with Gasteiger partial charge in [-0.2, -0.15) is 0 Å². The zero-order chi connectivity index (χ0) is 17.2. The zero-order valence-corrected chi connectivity index (χ0v) is 14.4. The largest absolute Gasteiger partial charge is 0.468 e. The first kappa shape index (κ1) is 17.4. The van der Waals surface area contributed by atoms with Crippen molar-refractivity contribution >= 4 is 34.5 Å². The summed E-state index contributed by atoms with van der Waals surface area (Å²) in [5.41, 5.74) is 1.40. The Hall–Kier alpha value is -1.91. The monoisotopic (exact) mass is 333 g/mol. The number of fused-ring (bicyclic) bond motifs is 1. The number of carbonyl (C=O) groups excluding carboxylic acids is 1. The van der Waals surface area contributed by atoms with Crippen molar-refractivity contribution in [1.82, 2.24) is 4.98 Å². The third kappa shape index (κ3) is 3.89. The maximum absolute atomic E-state index is 11.7. The summed E-state index contributed by atoms with van der Waals surface area (Å²) in [5, 5.41) is 11.1. The van der Waals surface area contributed by atoms with E-state index in [4.69, 9.17) is 16.3 Å². The number of benzene rings is 1.